The van der Waals surface area contributed by atoms with Gasteiger partial charge in [-0.2, -0.15) is 5.26 Å². The summed E-state index contributed by atoms with van der Waals surface area (Å²) in [5, 5.41) is 16.8. The first-order valence-electron chi connectivity index (χ1n) is 21.6. The smallest absolute Gasteiger partial charge is 0.262 e. The van der Waals surface area contributed by atoms with Gasteiger partial charge in [0.15, 0.2) is 11.5 Å². The third-order valence-corrected chi connectivity index (χ3v) is 13.9. The van der Waals surface area contributed by atoms with Gasteiger partial charge in [0.25, 0.3) is 11.8 Å². The van der Waals surface area contributed by atoms with Crippen LogP contribution in [0.2, 0.25) is 10.0 Å². The summed E-state index contributed by atoms with van der Waals surface area (Å²) in [6, 6.07) is 11.1. The molecule has 18 heteroatoms. The standard InChI is InChI=1S/C46H47Cl2FN8O7/c1-62-39-19-36(32(47)17-33(39)48)52-43-26(20-50)21-51-35-18-41(40(63-2)16-31(35)43)64-13-3-10-54-11-8-25(9-12-54)22-56-27-4-5-28(56)24-55(23-27)38-15-30-29(14-34(38)49)45(60)57(46(30)61)37-6-7-42(58)53-44(37)59/h14-19,21,25,27-28,37H,3-13,22-24H2,1-2H3,(H,51,52)(H,53,58,59). The Kier molecular flexibility index (Phi) is 12.3. The van der Waals surface area contributed by atoms with Gasteiger partial charge in [0.05, 0.1) is 70.1 Å². The second-order valence-electron chi connectivity index (χ2n) is 17.0. The lowest BCUT2D eigenvalue weighted by atomic mass is 9.95. The van der Waals surface area contributed by atoms with Crippen LogP contribution in [0.15, 0.2) is 42.6 Å². The van der Waals surface area contributed by atoms with Crippen molar-refractivity contribution in [1.29, 1.82) is 5.26 Å². The van der Waals surface area contributed by atoms with Gasteiger partial charge in [-0.25, -0.2) is 4.39 Å². The lowest BCUT2D eigenvalue weighted by Gasteiger charge is -2.44. The van der Waals surface area contributed by atoms with E-state index in [1.165, 1.54) is 19.4 Å². The Hall–Kier alpha value is -5.73. The van der Waals surface area contributed by atoms with Crippen molar-refractivity contribution in [2.45, 2.75) is 63.1 Å². The number of methoxy groups -OCH3 is 2. The van der Waals surface area contributed by atoms with Gasteiger partial charge in [-0.1, -0.05) is 23.2 Å². The van der Waals surface area contributed by atoms with Gasteiger partial charge in [-0.05, 0) is 81.8 Å². The van der Waals surface area contributed by atoms with E-state index in [9.17, 15) is 24.4 Å². The number of anilines is 3. The van der Waals surface area contributed by atoms with Crippen LogP contribution in [0.3, 0.4) is 0 Å². The normalized spacial score (nSPS) is 21.6. The molecule has 5 aliphatic rings. The van der Waals surface area contributed by atoms with Gasteiger partial charge in [-0.15, -0.1) is 0 Å². The number of hydrogen-bond donors (Lipinski definition) is 2. The zero-order chi connectivity index (χ0) is 44.8. The number of nitrogens with one attached hydrogen (secondary N) is 2. The van der Waals surface area contributed by atoms with E-state index in [1.807, 2.05) is 11.0 Å². The van der Waals surface area contributed by atoms with Crippen LogP contribution in [-0.2, 0) is 9.59 Å². The summed E-state index contributed by atoms with van der Waals surface area (Å²) in [6.07, 6.45) is 6.57. The van der Waals surface area contributed by atoms with Gasteiger partial charge in [0.1, 0.15) is 23.7 Å². The molecule has 4 saturated heterocycles. The molecule has 6 heterocycles. The van der Waals surface area contributed by atoms with Crippen molar-refractivity contribution in [3.63, 3.8) is 0 Å². The first-order chi connectivity index (χ1) is 30.9. The van der Waals surface area contributed by atoms with Gasteiger partial charge in [0.2, 0.25) is 11.8 Å². The number of nitriles is 1. The summed E-state index contributed by atoms with van der Waals surface area (Å²) < 4.78 is 33.1. The molecule has 64 heavy (non-hydrogen) atoms. The van der Waals surface area contributed by atoms with E-state index >= 15 is 4.39 Å². The SMILES string of the molecule is COc1cc(Nc2c(C#N)cnc3cc(OCCCN4CCC(CN5C6CCC5CN(c5cc7c(cc5F)C(=O)N(C5CCC(=O)NC5=O)C7=O)C6)CC4)c(OC)cc23)c(Cl)cc1Cl. The zero-order valence-corrected chi connectivity index (χ0v) is 36.9. The quantitative estimate of drug-likeness (QED) is 0.110. The lowest BCUT2D eigenvalue weighted by Crippen LogP contribution is -2.55. The number of carbonyl (C=O) groups excluding carboxylic acids is 4. The van der Waals surface area contributed by atoms with Gasteiger partial charge in [-0.3, -0.25) is 39.3 Å². The van der Waals surface area contributed by atoms with E-state index in [2.05, 4.69) is 31.5 Å². The lowest BCUT2D eigenvalue weighted by molar-refractivity contribution is -0.136. The van der Waals surface area contributed by atoms with Crippen molar-refractivity contribution in [2.75, 3.05) is 70.3 Å². The molecular weight excluding hydrogens is 866 g/mol. The minimum atomic E-state index is -1.10. The van der Waals surface area contributed by atoms with Crippen molar-refractivity contribution in [1.82, 2.24) is 25.0 Å². The molecule has 15 nitrogen and oxygen atoms in total. The summed E-state index contributed by atoms with van der Waals surface area (Å²) in [5.41, 5.74) is 2.28. The second kappa shape index (κ2) is 18.0. The van der Waals surface area contributed by atoms with E-state index in [0.29, 0.717) is 86.4 Å². The molecule has 4 fully saturated rings. The van der Waals surface area contributed by atoms with Crippen molar-refractivity contribution >= 4 is 74.8 Å². The molecular formula is C46H47Cl2FN8O7. The predicted octanol–water partition coefficient (Wildman–Crippen LogP) is 6.55. The number of halogens is 3. The number of hydrogen-bond acceptors (Lipinski definition) is 13. The largest absolute Gasteiger partial charge is 0.495 e. The van der Waals surface area contributed by atoms with E-state index in [1.54, 1.807) is 25.3 Å². The van der Waals surface area contributed by atoms with Gasteiger partial charge >= 0.3 is 0 Å². The van der Waals surface area contributed by atoms with Crippen molar-refractivity contribution in [3.05, 3.63) is 75.1 Å². The van der Waals surface area contributed by atoms with Crippen LogP contribution >= 0.6 is 23.2 Å². The summed E-state index contributed by atoms with van der Waals surface area (Å²) in [7, 11) is 3.08. The number of rotatable bonds is 13. The maximum atomic E-state index is 15.7. The number of likely N-dealkylation sites (tertiary alicyclic amines) is 1. The number of fused-ring (bicyclic) bond motifs is 4. The van der Waals surface area contributed by atoms with Crippen LogP contribution in [0.5, 0.6) is 17.2 Å². The number of amides is 4. The van der Waals surface area contributed by atoms with E-state index < -0.39 is 35.5 Å². The highest BCUT2D eigenvalue weighted by atomic mass is 35.5. The molecule has 0 aliphatic carbocycles. The Morgan fingerprint density at radius 3 is 2.30 bits per heavy atom. The Bertz CT molecular complexity index is 2590. The van der Waals surface area contributed by atoms with Gasteiger partial charge < -0.3 is 29.3 Å². The van der Waals surface area contributed by atoms with Crippen molar-refractivity contribution < 1.29 is 37.8 Å². The van der Waals surface area contributed by atoms with Crippen LogP contribution in [0.1, 0.15) is 71.2 Å². The number of benzene rings is 3. The number of piperidine rings is 2. The molecule has 0 spiro atoms. The first kappa shape index (κ1) is 43.5. The molecule has 2 bridgehead atoms. The van der Waals surface area contributed by atoms with E-state index in [-0.39, 0.29) is 36.1 Å². The van der Waals surface area contributed by atoms with Crippen LogP contribution in [-0.4, -0.2) is 122 Å². The number of imide groups is 2. The Balaban J connectivity index is 0.765. The topological polar surface area (TPSA) is 170 Å². The highest BCUT2D eigenvalue weighted by molar-refractivity contribution is 6.37. The molecule has 1 aromatic heterocycles. The predicted molar refractivity (Wildman–Crippen MR) is 237 cm³/mol. The molecule has 4 amide bonds. The molecule has 5 aliphatic heterocycles. The minimum Gasteiger partial charge on any atom is -0.495 e. The molecule has 0 radical (unpaired) electrons. The molecule has 3 atom stereocenters. The summed E-state index contributed by atoms with van der Waals surface area (Å²) in [5.74, 6) is -1.02. The van der Waals surface area contributed by atoms with E-state index in [4.69, 9.17) is 37.4 Å². The fraction of sp³-hybridized carbons (Fsp3) is 0.435. The fourth-order valence-corrected chi connectivity index (χ4v) is 10.5. The third-order valence-electron chi connectivity index (χ3n) is 13.3. The molecule has 0 saturated carbocycles. The molecule has 3 aromatic carbocycles. The fourth-order valence-electron chi connectivity index (χ4n) is 9.98. The average molecular weight is 914 g/mol. The Morgan fingerprint density at radius 2 is 1.61 bits per heavy atom. The summed E-state index contributed by atoms with van der Waals surface area (Å²) in [4.78, 5) is 63.4. The molecule has 334 valence electrons. The molecule has 9 rings (SSSR count). The second-order valence-corrected chi connectivity index (χ2v) is 17.9. The monoisotopic (exact) mass is 912 g/mol. The molecule has 3 unspecified atom stereocenters. The zero-order valence-electron chi connectivity index (χ0n) is 35.4. The van der Waals surface area contributed by atoms with Crippen LogP contribution < -0.4 is 29.7 Å². The average Bonchev–Trinajstić information content (AvgIpc) is 3.65. The van der Waals surface area contributed by atoms with Crippen LogP contribution in [0.4, 0.5) is 21.5 Å². The molecule has 4 aromatic rings. The highest BCUT2D eigenvalue weighted by Gasteiger charge is 2.47. The number of aromatic nitrogens is 1. The van der Waals surface area contributed by atoms with Crippen LogP contribution in [0, 0.1) is 23.1 Å². The maximum Gasteiger partial charge on any atom is 0.262 e. The first-order valence-corrected chi connectivity index (χ1v) is 22.3. The van der Waals surface area contributed by atoms with Crippen molar-refractivity contribution in [2.24, 2.45) is 5.92 Å². The number of nitrogens with zero attached hydrogens (tertiary/aromatic N) is 6. The molecule has 2 N–H and O–H groups in total. The minimum absolute atomic E-state index is 0.0178. The highest BCUT2D eigenvalue weighted by Crippen LogP contribution is 2.42. The number of pyridine rings is 1. The number of carbonyl (C=O) groups is 4. The number of piperazine rings is 1. The summed E-state index contributed by atoms with van der Waals surface area (Å²) >= 11 is 12.8. The summed E-state index contributed by atoms with van der Waals surface area (Å²) in [6.45, 7) is 5.58. The number of ether oxygens (including phenoxy) is 3. The van der Waals surface area contributed by atoms with E-state index in [0.717, 1.165) is 69.2 Å². The van der Waals surface area contributed by atoms with Crippen molar-refractivity contribution in [3.8, 4) is 23.3 Å². The Morgan fingerprint density at radius 1 is 0.891 bits per heavy atom. The third kappa shape index (κ3) is 8.26. The van der Waals surface area contributed by atoms with Gasteiger partial charge in [0, 0.05) is 68.4 Å². The Labute approximate surface area is 379 Å². The maximum absolute atomic E-state index is 15.7. The van der Waals surface area contributed by atoms with Crippen LogP contribution in [0.25, 0.3) is 10.9 Å².